The van der Waals surface area contributed by atoms with Crippen molar-refractivity contribution in [1.29, 1.82) is 0 Å². The van der Waals surface area contributed by atoms with Crippen molar-refractivity contribution < 1.29 is 4.39 Å². The van der Waals surface area contributed by atoms with E-state index in [1.165, 1.54) is 6.07 Å². The van der Waals surface area contributed by atoms with Gasteiger partial charge in [0.05, 0.1) is 6.54 Å². The number of benzene rings is 1. The van der Waals surface area contributed by atoms with Crippen LogP contribution in [-0.4, -0.2) is 25.1 Å². The number of aliphatic imine (C=N–C) groups is 1. The van der Waals surface area contributed by atoms with E-state index in [9.17, 15) is 4.39 Å². The summed E-state index contributed by atoms with van der Waals surface area (Å²) in [5, 5.41) is 6.63. The largest absolute Gasteiger partial charge is 0.356 e. The molecule has 0 amide bonds. The Morgan fingerprint density at radius 1 is 1.50 bits per heavy atom. The van der Waals surface area contributed by atoms with E-state index in [4.69, 9.17) is 0 Å². The van der Waals surface area contributed by atoms with E-state index in [0.29, 0.717) is 6.04 Å². The molecule has 1 aromatic carbocycles. The summed E-state index contributed by atoms with van der Waals surface area (Å²) < 4.78 is 13.3. The van der Waals surface area contributed by atoms with Crippen LogP contribution in [0.1, 0.15) is 25.3 Å². The highest BCUT2D eigenvalue weighted by Gasteiger charge is 2.44. The lowest BCUT2D eigenvalue weighted by Gasteiger charge is -2.18. The second-order valence-electron chi connectivity index (χ2n) is 5.38. The molecule has 1 aliphatic carbocycles. The molecule has 2 N–H and O–H groups in total. The number of guanidine groups is 1. The smallest absolute Gasteiger partial charge is 0.191 e. The first-order chi connectivity index (χ1) is 8.68. The highest BCUT2D eigenvalue weighted by molar-refractivity contribution is 5.81. The van der Waals surface area contributed by atoms with Crippen molar-refractivity contribution in [2.75, 3.05) is 13.1 Å². The van der Waals surface area contributed by atoms with Gasteiger partial charge in [-0.15, -0.1) is 0 Å². The molecule has 0 spiro atoms. The van der Waals surface area contributed by atoms with Gasteiger partial charge in [0.25, 0.3) is 0 Å². The lowest BCUT2D eigenvalue weighted by molar-refractivity contribution is 0.607. The van der Waals surface area contributed by atoms with Gasteiger partial charge in [-0.2, -0.15) is 0 Å². The molecule has 2 aliphatic rings. The van der Waals surface area contributed by atoms with Gasteiger partial charge in [0.2, 0.25) is 0 Å². The molecule has 0 aromatic heterocycles. The summed E-state index contributed by atoms with van der Waals surface area (Å²) in [7, 11) is 0. The van der Waals surface area contributed by atoms with Crippen molar-refractivity contribution in [3.05, 3.63) is 35.6 Å². The van der Waals surface area contributed by atoms with Crippen molar-refractivity contribution in [3.8, 4) is 0 Å². The minimum absolute atomic E-state index is 0.109. The molecule has 1 atom stereocenters. The zero-order valence-corrected chi connectivity index (χ0v) is 10.5. The van der Waals surface area contributed by atoms with Crippen LogP contribution in [0.5, 0.6) is 0 Å². The Labute approximate surface area is 106 Å². The van der Waals surface area contributed by atoms with Crippen molar-refractivity contribution in [1.82, 2.24) is 10.6 Å². The maximum atomic E-state index is 13.3. The van der Waals surface area contributed by atoms with Gasteiger partial charge in [-0.05, 0) is 37.5 Å². The Morgan fingerprint density at radius 3 is 2.94 bits per heavy atom. The second-order valence-corrected chi connectivity index (χ2v) is 5.38. The van der Waals surface area contributed by atoms with Gasteiger partial charge in [0.15, 0.2) is 5.96 Å². The van der Waals surface area contributed by atoms with Crippen molar-refractivity contribution in [3.63, 3.8) is 0 Å². The molecule has 1 aromatic rings. The van der Waals surface area contributed by atoms with Crippen molar-refractivity contribution >= 4 is 5.96 Å². The summed E-state index contributed by atoms with van der Waals surface area (Å²) in [4.78, 5) is 4.38. The van der Waals surface area contributed by atoms with E-state index < -0.39 is 0 Å². The van der Waals surface area contributed by atoms with Crippen LogP contribution in [-0.2, 0) is 5.41 Å². The second kappa shape index (κ2) is 4.26. The standard InChI is InChI=1S/C14H18FN3/c1-10-8-16-13(18-10)17-9-14(5-6-14)11-3-2-4-12(15)7-11/h2-4,7,10H,5-6,8-9H2,1H3,(H2,16,17,18). The molecule has 1 fully saturated rings. The van der Waals surface area contributed by atoms with Gasteiger partial charge in [-0.1, -0.05) is 12.1 Å². The molecule has 96 valence electrons. The minimum atomic E-state index is -0.149. The Kier molecular flexibility index (Phi) is 2.73. The molecule has 3 rings (SSSR count). The maximum Gasteiger partial charge on any atom is 0.191 e. The summed E-state index contributed by atoms with van der Waals surface area (Å²) in [5.74, 6) is 0.730. The van der Waals surface area contributed by atoms with Gasteiger partial charge in [-0.3, -0.25) is 4.99 Å². The average molecular weight is 247 g/mol. The summed E-state index contributed by atoms with van der Waals surface area (Å²) >= 11 is 0. The molecule has 4 heteroatoms. The summed E-state index contributed by atoms with van der Waals surface area (Å²) in [6.07, 6.45) is 2.23. The van der Waals surface area contributed by atoms with Gasteiger partial charge < -0.3 is 10.6 Å². The molecule has 1 aliphatic heterocycles. The van der Waals surface area contributed by atoms with E-state index in [-0.39, 0.29) is 11.2 Å². The fourth-order valence-corrected chi connectivity index (χ4v) is 2.45. The first-order valence-corrected chi connectivity index (χ1v) is 6.49. The Morgan fingerprint density at radius 2 is 2.33 bits per heavy atom. The monoisotopic (exact) mass is 247 g/mol. The van der Waals surface area contributed by atoms with Gasteiger partial charge in [-0.25, -0.2) is 4.39 Å². The van der Waals surface area contributed by atoms with Crippen molar-refractivity contribution in [2.24, 2.45) is 4.99 Å². The zero-order valence-electron chi connectivity index (χ0n) is 10.5. The predicted molar refractivity (Wildman–Crippen MR) is 70.2 cm³/mol. The van der Waals surface area contributed by atoms with Crippen LogP contribution in [0.3, 0.4) is 0 Å². The van der Waals surface area contributed by atoms with Crippen LogP contribution < -0.4 is 10.6 Å². The first kappa shape index (κ1) is 11.5. The number of halogens is 1. The minimum Gasteiger partial charge on any atom is -0.356 e. The van der Waals surface area contributed by atoms with Crippen LogP contribution in [0.4, 0.5) is 4.39 Å². The number of nitrogens with one attached hydrogen (secondary N) is 2. The molecule has 1 unspecified atom stereocenters. The Hall–Kier alpha value is -1.58. The number of nitrogens with zero attached hydrogens (tertiary/aromatic N) is 1. The molecular weight excluding hydrogens is 229 g/mol. The molecular formula is C14H18FN3. The quantitative estimate of drug-likeness (QED) is 0.854. The fraction of sp³-hybridized carbons (Fsp3) is 0.500. The lowest BCUT2D eigenvalue weighted by atomic mass is 9.96. The SMILES string of the molecule is CC1CN=C(NCC2(c3cccc(F)c3)CC2)N1. The van der Waals surface area contributed by atoms with E-state index in [2.05, 4.69) is 22.5 Å². The molecule has 3 nitrogen and oxygen atoms in total. The fourth-order valence-electron chi connectivity index (χ4n) is 2.45. The van der Waals surface area contributed by atoms with Gasteiger partial charge in [0, 0.05) is 18.0 Å². The van der Waals surface area contributed by atoms with Gasteiger partial charge in [0.1, 0.15) is 5.82 Å². The third-order valence-corrected chi connectivity index (χ3v) is 3.79. The highest BCUT2D eigenvalue weighted by Crippen LogP contribution is 2.47. The zero-order chi connectivity index (χ0) is 12.6. The van der Waals surface area contributed by atoms with Crippen LogP contribution in [0, 0.1) is 5.82 Å². The van der Waals surface area contributed by atoms with Gasteiger partial charge >= 0.3 is 0 Å². The van der Waals surface area contributed by atoms with E-state index >= 15 is 0 Å². The van der Waals surface area contributed by atoms with Crippen LogP contribution in [0.15, 0.2) is 29.3 Å². The normalized spacial score (nSPS) is 24.3. The topological polar surface area (TPSA) is 36.4 Å². The summed E-state index contributed by atoms with van der Waals surface area (Å²) in [5.41, 5.74) is 1.21. The van der Waals surface area contributed by atoms with E-state index in [1.807, 2.05) is 6.07 Å². The lowest BCUT2D eigenvalue weighted by Crippen LogP contribution is -2.41. The van der Waals surface area contributed by atoms with Crippen LogP contribution >= 0.6 is 0 Å². The van der Waals surface area contributed by atoms with Crippen molar-refractivity contribution in [2.45, 2.75) is 31.2 Å². The maximum absolute atomic E-state index is 13.3. The third-order valence-electron chi connectivity index (χ3n) is 3.79. The molecule has 0 radical (unpaired) electrons. The van der Waals surface area contributed by atoms with E-state index in [1.54, 1.807) is 12.1 Å². The predicted octanol–water partition coefficient (Wildman–Crippen LogP) is 1.79. The average Bonchev–Trinajstić information content (AvgIpc) is 3.04. The Balaban J connectivity index is 1.65. The van der Waals surface area contributed by atoms with Crippen LogP contribution in [0.25, 0.3) is 0 Å². The molecule has 18 heavy (non-hydrogen) atoms. The number of hydrogen-bond acceptors (Lipinski definition) is 3. The molecule has 0 saturated heterocycles. The van der Waals surface area contributed by atoms with Crippen LogP contribution in [0.2, 0.25) is 0 Å². The first-order valence-electron chi connectivity index (χ1n) is 6.49. The van der Waals surface area contributed by atoms with E-state index in [0.717, 1.165) is 37.5 Å². The molecule has 0 bridgehead atoms. The Bertz CT molecular complexity index is 480. The number of hydrogen-bond donors (Lipinski definition) is 2. The molecule has 1 heterocycles. The third kappa shape index (κ3) is 2.19. The summed E-state index contributed by atoms with van der Waals surface area (Å²) in [6.45, 7) is 3.77. The number of rotatable bonds is 3. The molecule has 1 saturated carbocycles. The highest BCUT2D eigenvalue weighted by atomic mass is 19.1. The summed E-state index contributed by atoms with van der Waals surface area (Å²) in [6, 6.07) is 7.37.